The molecule has 4 heteroatoms. The fourth-order valence-electron chi connectivity index (χ4n) is 2.12. The molecule has 1 heterocycles. The molecule has 0 saturated carbocycles. The monoisotopic (exact) mass is 218 g/mol. The van der Waals surface area contributed by atoms with Gasteiger partial charge in [-0.25, -0.2) is 0 Å². The lowest BCUT2D eigenvalue weighted by molar-refractivity contribution is 0.325. The van der Waals surface area contributed by atoms with E-state index in [0.29, 0.717) is 18.1 Å². The van der Waals surface area contributed by atoms with Gasteiger partial charge in [-0.1, -0.05) is 0 Å². The molecule has 1 aliphatic heterocycles. The average Bonchev–Trinajstić information content (AvgIpc) is 2.28. The summed E-state index contributed by atoms with van der Waals surface area (Å²) < 4.78 is 11.0. The van der Waals surface area contributed by atoms with Gasteiger partial charge >= 0.3 is 0 Å². The fourth-order valence-corrected chi connectivity index (χ4v) is 2.92. The zero-order chi connectivity index (χ0) is 10.7. The highest BCUT2D eigenvalue weighted by molar-refractivity contribution is 7.84. The molecular formula is C10H22N2OS. The van der Waals surface area contributed by atoms with Crippen LogP contribution in [0.3, 0.4) is 0 Å². The summed E-state index contributed by atoms with van der Waals surface area (Å²) in [6.45, 7) is 5.48. The summed E-state index contributed by atoms with van der Waals surface area (Å²) in [5, 5.41) is 3.54. The lowest BCUT2D eigenvalue weighted by Crippen LogP contribution is -2.40. The van der Waals surface area contributed by atoms with Crippen LogP contribution >= 0.6 is 0 Å². The fraction of sp³-hybridized carbons (Fsp3) is 1.00. The summed E-state index contributed by atoms with van der Waals surface area (Å²) in [6, 6.07) is 1.62. The summed E-state index contributed by atoms with van der Waals surface area (Å²) in [5.41, 5.74) is 0. The molecule has 1 rings (SSSR count). The van der Waals surface area contributed by atoms with Gasteiger partial charge < -0.3 is 10.2 Å². The topological polar surface area (TPSA) is 32.3 Å². The number of nitrogens with one attached hydrogen (secondary N) is 1. The quantitative estimate of drug-likeness (QED) is 0.743. The van der Waals surface area contributed by atoms with Crippen molar-refractivity contribution in [3.63, 3.8) is 0 Å². The molecule has 0 aliphatic carbocycles. The number of likely N-dealkylation sites (N-methyl/N-ethyl adjacent to an activating group) is 1. The molecule has 0 bridgehead atoms. The third kappa shape index (κ3) is 3.67. The van der Waals surface area contributed by atoms with Crippen LogP contribution in [0.2, 0.25) is 0 Å². The van der Waals surface area contributed by atoms with Gasteiger partial charge in [0.1, 0.15) is 0 Å². The van der Waals surface area contributed by atoms with Crippen molar-refractivity contribution >= 4 is 10.8 Å². The summed E-state index contributed by atoms with van der Waals surface area (Å²) in [6.07, 6.45) is 2.97. The van der Waals surface area contributed by atoms with Crippen LogP contribution < -0.4 is 5.32 Å². The summed E-state index contributed by atoms with van der Waals surface area (Å²) in [4.78, 5) is 2.37. The first-order chi connectivity index (χ1) is 6.49. The molecule has 0 aromatic heterocycles. The maximum Gasteiger partial charge on any atom is 0.0383 e. The van der Waals surface area contributed by atoms with E-state index in [1.54, 1.807) is 6.26 Å². The minimum Gasteiger partial charge on any atom is -0.309 e. The van der Waals surface area contributed by atoms with Crippen LogP contribution in [-0.4, -0.2) is 52.8 Å². The number of rotatable bonds is 4. The van der Waals surface area contributed by atoms with E-state index in [0.717, 1.165) is 12.3 Å². The van der Waals surface area contributed by atoms with E-state index in [4.69, 9.17) is 0 Å². The van der Waals surface area contributed by atoms with Gasteiger partial charge in [0, 0.05) is 47.5 Å². The Balaban J connectivity index is 2.28. The molecule has 1 fully saturated rings. The van der Waals surface area contributed by atoms with Crippen LogP contribution in [0.4, 0.5) is 0 Å². The lowest BCUT2D eigenvalue weighted by atomic mass is 10.2. The number of hydrogen-bond donors (Lipinski definition) is 1. The SMILES string of the molecule is CC(CS(C)=O)NC1CC(C)N(C)C1. The maximum absolute atomic E-state index is 11.0. The molecule has 4 unspecified atom stereocenters. The Morgan fingerprint density at radius 3 is 2.71 bits per heavy atom. The van der Waals surface area contributed by atoms with Gasteiger partial charge in [0.25, 0.3) is 0 Å². The van der Waals surface area contributed by atoms with Crippen LogP contribution in [-0.2, 0) is 10.8 Å². The first kappa shape index (κ1) is 12.1. The second-order valence-electron chi connectivity index (χ2n) is 4.53. The van der Waals surface area contributed by atoms with Gasteiger partial charge in [-0.05, 0) is 27.3 Å². The van der Waals surface area contributed by atoms with Crippen LogP contribution in [0.5, 0.6) is 0 Å². The highest BCUT2D eigenvalue weighted by atomic mass is 32.2. The predicted octanol–water partition coefficient (Wildman–Crippen LogP) is 0.436. The minimum absolute atomic E-state index is 0.365. The molecule has 84 valence electrons. The molecule has 1 saturated heterocycles. The van der Waals surface area contributed by atoms with Gasteiger partial charge in [0.15, 0.2) is 0 Å². The standard InChI is InChI=1S/C10H22N2OS/c1-8(7-14(4)13)11-10-5-9(2)12(3)6-10/h8-11H,5-7H2,1-4H3. The van der Waals surface area contributed by atoms with Crippen molar-refractivity contribution in [1.29, 1.82) is 0 Å². The van der Waals surface area contributed by atoms with E-state index in [9.17, 15) is 4.21 Å². The Bertz CT molecular complexity index is 200. The van der Waals surface area contributed by atoms with E-state index in [1.165, 1.54) is 6.42 Å². The molecule has 0 spiro atoms. The Kier molecular flexibility index (Phi) is 4.54. The second-order valence-corrected chi connectivity index (χ2v) is 6.01. The van der Waals surface area contributed by atoms with E-state index < -0.39 is 10.8 Å². The Morgan fingerprint density at radius 1 is 1.64 bits per heavy atom. The molecule has 0 aromatic rings. The van der Waals surface area contributed by atoms with E-state index in [2.05, 4.69) is 31.1 Å². The molecule has 14 heavy (non-hydrogen) atoms. The normalized spacial score (nSPS) is 33.1. The molecule has 1 N–H and O–H groups in total. The van der Waals surface area contributed by atoms with Gasteiger partial charge in [0.05, 0.1) is 0 Å². The summed E-state index contributed by atoms with van der Waals surface area (Å²) in [5.74, 6) is 0.759. The van der Waals surface area contributed by atoms with Crippen molar-refractivity contribution in [3.8, 4) is 0 Å². The van der Waals surface area contributed by atoms with Crippen LogP contribution in [0.25, 0.3) is 0 Å². The third-order valence-electron chi connectivity index (χ3n) is 2.89. The van der Waals surface area contributed by atoms with E-state index in [-0.39, 0.29) is 0 Å². The van der Waals surface area contributed by atoms with Gasteiger partial charge in [-0.15, -0.1) is 0 Å². The van der Waals surface area contributed by atoms with Crippen molar-refractivity contribution in [3.05, 3.63) is 0 Å². The molecule has 0 aromatic carbocycles. The van der Waals surface area contributed by atoms with Gasteiger partial charge in [0.2, 0.25) is 0 Å². The smallest absolute Gasteiger partial charge is 0.0383 e. The summed E-state index contributed by atoms with van der Waals surface area (Å²) >= 11 is 0. The molecule has 3 nitrogen and oxygen atoms in total. The highest BCUT2D eigenvalue weighted by Gasteiger charge is 2.26. The number of nitrogens with zero attached hydrogens (tertiary/aromatic N) is 1. The second kappa shape index (κ2) is 5.24. The Morgan fingerprint density at radius 2 is 2.29 bits per heavy atom. The van der Waals surface area contributed by atoms with Crippen molar-refractivity contribution in [2.75, 3.05) is 25.6 Å². The minimum atomic E-state index is -0.689. The molecule has 4 atom stereocenters. The van der Waals surface area contributed by atoms with Gasteiger partial charge in [-0.3, -0.25) is 4.21 Å². The Hall–Kier alpha value is 0.0700. The first-order valence-corrected chi connectivity index (χ1v) is 6.98. The predicted molar refractivity (Wildman–Crippen MR) is 62.0 cm³/mol. The molecule has 1 aliphatic rings. The van der Waals surface area contributed by atoms with Crippen molar-refractivity contribution in [2.24, 2.45) is 0 Å². The zero-order valence-corrected chi connectivity index (χ0v) is 10.4. The molecule has 0 radical (unpaired) electrons. The van der Waals surface area contributed by atoms with Crippen LogP contribution in [0.15, 0.2) is 0 Å². The number of likely N-dealkylation sites (tertiary alicyclic amines) is 1. The van der Waals surface area contributed by atoms with Crippen molar-refractivity contribution in [1.82, 2.24) is 10.2 Å². The van der Waals surface area contributed by atoms with E-state index in [1.807, 2.05) is 0 Å². The van der Waals surface area contributed by atoms with Crippen LogP contribution in [0.1, 0.15) is 20.3 Å². The highest BCUT2D eigenvalue weighted by Crippen LogP contribution is 2.15. The van der Waals surface area contributed by atoms with Crippen molar-refractivity contribution < 1.29 is 4.21 Å². The summed E-state index contributed by atoms with van der Waals surface area (Å²) in [7, 11) is 1.47. The average molecular weight is 218 g/mol. The molecular weight excluding hydrogens is 196 g/mol. The largest absolute Gasteiger partial charge is 0.309 e. The molecule has 0 amide bonds. The van der Waals surface area contributed by atoms with Gasteiger partial charge in [-0.2, -0.15) is 0 Å². The first-order valence-electron chi connectivity index (χ1n) is 5.25. The maximum atomic E-state index is 11.0. The van der Waals surface area contributed by atoms with Crippen LogP contribution in [0, 0.1) is 0 Å². The van der Waals surface area contributed by atoms with Crippen molar-refractivity contribution in [2.45, 2.75) is 38.4 Å². The van der Waals surface area contributed by atoms with E-state index >= 15 is 0 Å². The zero-order valence-electron chi connectivity index (χ0n) is 9.62. The number of hydrogen-bond acceptors (Lipinski definition) is 3. The Labute approximate surface area is 89.7 Å². The lowest BCUT2D eigenvalue weighted by Gasteiger charge is -2.18. The third-order valence-corrected chi connectivity index (χ3v) is 3.86.